The van der Waals surface area contributed by atoms with E-state index in [2.05, 4.69) is 25.3 Å². The Balaban J connectivity index is 1.94. The van der Waals surface area contributed by atoms with E-state index in [1.54, 1.807) is 42.7 Å². The van der Waals surface area contributed by atoms with Crippen LogP contribution in [0.5, 0.6) is 0 Å². The maximum atomic E-state index is 13.2. The standard InChI is InChI=1S/C20H15F2N5O/c1-11(28)25-16-10-12(7-9-23-16)18-17(19-14(27-18)6-3-8-24-19)13-4-2-5-15(26-13)20(21)22/h2-10,20,27H,1H3,(H,23,25,28). The molecule has 0 aliphatic heterocycles. The summed E-state index contributed by atoms with van der Waals surface area (Å²) in [5, 5.41) is 2.64. The number of pyridine rings is 3. The molecule has 4 aromatic heterocycles. The first-order valence-corrected chi connectivity index (χ1v) is 8.49. The van der Waals surface area contributed by atoms with E-state index in [9.17, 15) is 13.6 Å². The Labute approximate surface area is 158 Å². The van der Waals surface area contributed by atoms with Gasteiger partial charge in [-0.25, -0.2) is 18.7 Å². The molecular weight excluding hydrogens is 364 g/mol. The lowest BCUT2D eigenvalue weighted by molar-refractivity contribution is -0.114. The van der Waals surface area contributed by atoms with Crippen molar-refractivity contribution in [3.05, 3.63) is 60.6 Å². The topological polar surface area (TPSA) is 83.6 Å². The van der Waals surface area contributed by atoms with Crippen molar-refractivity contribution < 1.29 is 13.6 Å². The monoisotopic (exact) mass is 379 g/mol. The van der Waals surface area contributed by atoms with Crippen LogP contribution in [0.4, 0.5) is 14.6 Å². The van der Waals surface area contributed by atoms with Crippen LogP contribution in [0.2, 0.25) is 0 Å². The van der Waals surface area contributed by atoms with E-state index in [-0.39, 0.29) is 11.6 Å². The molecule has 0 saturated heterocycles. The number of amides is 1. The van der Waals surface area contributed by atoms with E-state index >= 15 is 0 Å². The van der Waals surface area contributed by atoms with Crippen molar-refractivity contribution in [2.75, 3.05) is 5.32 Å². The fourth-order valence-corrected chi connectivity index (χ4v) is 3.03. The maximum absolute atomic E-state index is 13.2. The van der Waals surface area contributed by atoms with Crippen LogP contribution in [0, 0.1) is 0 Å². The van der Waals surface area contributed by atoms with E-state index < -0.39 is 6.43 Å². The zero-order chi connectivity index (χ0) is 19.7. The highest BCUT2D eigenvalue weighted by Gasteiger charge is 2.19. The average molecular weight is 379 g/mol. The van der Waals surface area contributed by atoms with Gasteiger partial charge in [0.25, 0.3) is 6.43 Å². The van der Waals surface area contributed by atoms with Crippen molar-refractivity contribution in [3.63, 3.8) is 0 Å². The Hall–Kier alpha value is -3.68. The van der Waals surface area contributed by atoms with Gasteiger partial charge in [0.05, 0.1) is 28.0 Å². The normalized spacial score (nSPS) is 11.1. The number of hydrogen-bond acceptors (Lipinski definition) is 4. The fourth-order valence-electron chi connectivity index (χ4n) is 3.03. The number of alkyl halides is 2. The molecule has 0 aliphatic carbocycles. The van der Waals surface area contributed by atoms with Crippen molar-refractivity contribution in [1.82, 2.24) is 19.9 Å². The number of carbonyl (C=O) groups is 1. The molecule has 4 heterocycles. The number of carbonyl (C=O) groups excluding carboxylic acids is 1. The second kappa shape index (κ2) is 7.15. The molecule has 2 N–H and O–H groups in total. The molecule has 28 heavy (non-hydrogen) atoms. The highest BCUT2D eigenvalue weighted by Crippen LogP contribution is 2.37. The smallest absolute Gasteiger partial charge is 0.280 e. The van der Waals surface area contributed by atoms with Crippen LogP contribution in [0.1, 0.15) is 19.0 Å². The van der Waals surface area contributed by atoms with Crippen molar-refractivity contribution in [2.24, 2.45) is 0 Å². The molecule has 0 unspecified atom stereocenters. The molecule has 0 fully saturated rings. The van der Waals surface area contributed by atoms with Gasteiger partial charge in [0.2, 0.25) is 5.91 Å². The number of nitrogens with one attached hydrogen (secondary N) is 2. The summed E-state index contributed by atoms with van der Waals surface area (Å²) in [7, 11) is 0. The Morgan fingerprint density at radius 1 is 1.11 bits per heavy atom. The Bertz CT molecular complexity index is 1170. The molecule has 0 saturated carbocycles. The second-order valence-corrected chi connectivity index (χ2v) is 6.13. The molecule has 6 nitrogen and oxygen atoms in total. The molecule has 4 rings (SSSR count). The van der Waals surface area contributed by atoms with Crippen LogP contribution in [0.25, 0.3) is 33.5 Å². The minimum Gasteiger partial charge on any atom is -0.353 e. The number of nitrogens with zero attached hydrogens (tertiary/aromatic N) is 3. The molecule has 8 heteroatoms. The second-order valence-electron chi connectivity index (χ2n) is 6.13. The van der Waals surface area contributed by atoms with Gasteiger partial charge in [-0.2, -0.15) is 0 Å². The number of aromatic nitrogens is 4. The van der Waals surface area contributed by atoms with Gasteiger partial charge in [0.1, 0.15) is 11.5 Å². The van der Waals surface area contributed by atoms with Gasteiger partial charge in [-0.1, -0.05) is 6.07 Å². The zero-order valence-corrected chi connectivity index (χ0v) is 14.8. The molecule has 0 radical (unpaired) electrons. The minimum absolute atomic E-state index is 0.241. The number of fused-ring (bicyclic) bond motifs is 1. The third kappa shape index (κ3) is 3.32. The van der Waals surface area contributed by atoms with Gasteiger partial charge in [0.15, 0.2) is 0 Å². The van der Waals surface area contributed by atoms with Gasteiger partial charge in [0, 0.05) is 24.9 Å². The lowest BCUT2D eigenvalue weighted by Crippen LogP contribution is -2.07. The Morgan fingerprint density at radius 3 is 2.75 bits per heavy atom. The Kier molecular flexibility index (Phi) is 4.52. The summed E-state index contributed by atoms with van der Waals surface area (Å²) < 4.78 is 26.3. The maximum Gasteiger partial charge on any atom is 0.280 e. The van der Waals surface area contributed by atoms with Gasteiger partial charge in [-0.3, -0.25) is 9.78 Å². The van der Waals surface area contributed by atoms with Crippen LogP contribution in [0.3, 0.4) is 0 Å². The van der Waals surface area contributed by atoms with E-state index in [1.807, 2.05) is 6.07 Å². The Morgan fingerprint density at radius 2 is 1.96 bits per heavy atom. The quantitative estimate of drug-likeness (QED) is 0.543. The molecule has 0 bridgehead atoms. The molecule has 0 aromatic carbocycles. The molecule has 1 amide bonds. The summed E-state index contributed by atoms with van der Waals surface area (Å²) in [6, 6.07) is 11.6. The first kappa shape index (κ1) is 17.7. The third-order valence-corrected chi connectivity index (χ3v) is 4.16. The van der Waals surface area contributed by atoms with Crippen LogP contribution in [-0.2, 0) is 4.79 Å². The zero-order valence-electron chi connectivity index (χ0n) is 14.8. The molecule has 140 valence electrons. The summed E-state index contributed by atoms with van der Waals surface area (Å²) in [5.74, 6) is 0.145. The molecular formula is C20H15F2N5O. The van der Waals surface area contributed by atoms with E-state index in [0.29, 0.717) is 28.3 Å². The van der Waals surface area contributed by atoms with Crippen molar-refractivity contribution >= 4 is 22.8 Å². The summed E-state index contributed by atoms with van der Waals surface area (Å²) in [6.45, 7) is 1.40. The molecule has 0 aliphatic rings. The van der Waals surface area contributed by atoms with E-state index in [0.717, 1.165) is 11.1 Å². The highest BCUT2D eigenvalue weighted by molar-refractivity contribution is 6.01. The van der Waals surface area contributed by atoms with Crippen molar-refractivity contribution in [2.45, 2.75) is 13.3 Å². The van der Waals surface area contributed by atoms with Crippen LogP contribution >= 0.6 is 0 Å². The number of anilines is 1. The lowest BCUT2D eigenvalue weighted by atomic mass is 10.0. The number of rotatable bonds is 4. The average Bonchev–Trinajstić information content (AvgIpc) is 3.07. The molecule has 0 atom stereocenters. The largest absolute Gasteiger partial charge is 0.353 e. The predicted molar refractivity (Wildman–Crippen MR) is 102 cm³/mol. The van der Waals surface area contributed by atoms with Gasteiger partial charge < -0.3 is 10.3 Å². The SMILES string of the molecule is CC(=O)Nc1cc(-c2[nH]c3cccnc3c2-c2cccc(C(F)F)n2)ccn1. The molecule has 4 aromatic rings. The van der Waals surface area contributed by atoms with E-state index in [4.69, 9.17) is 0 Å². The minimum atomic E-state index is -2.67. The fraction of sp³-hybridized carbons (Fsp3) is 0.100. The summed E-state index contributed by atoms with van der Waals surface area (Å²) in [5.41, 5.74) is 3.43. The summed E-state index contributed by atoms with van der Waals surface area (Å²) in [6.07, 6.45) is 0.524. The number of H-pyrrole nitrogens is 1. The van der Waals surface area contributed by atoms with Gasteiger partial charge >= 0.3 is 0 Å². The predicted octanol–water partition coefficient (Wildman–Crippen LogP) is 4.58. The first-order chi connectivity index (χ1) is 13.5. The van der Waals surface area contributed by atoms with E-state index in [1.165, 1.54) is 13.0 Å². The summed E-state index contributed by atoms with van der Waals surface area (Å²) >= 11 is 0. The third-order valence-electron chi connectivity index (χ3n) is 4.16. The van der Waals surface area contributed by atoms with Crippen LogP contribution in [0.15, 0.2) is 54.9 Å². The molecule has 0 spiro atoms. The highest BCUT2D eigenvalue weighted by atomic mass is 19.3. The number of hydrogen-bond donors (Lipinski definition) is 2. The van der Waals surface area contributed by atoms with Crippen LogP contribution in [-0.4, -0.2) is 25.8 Å². The van der Waals surface area contributed by atoms with Gasteiger partial charge in [-0.05, 0) is 36.4 Å². The lowest BCUT2D eigenvalue weighted by Gasteiger charge is -2.08. The first-order valence-electron chi connectivity index (χ1n) is 8.49. The number of aromatic amines is 1. The van der Waals surface area contributed by atoms with Crippen LogP contribution < -0.4 is 5.32 Å². The van der Waals surface area contributed by atoms with Gasteiger partial charge in [-0.15, -0.1) is 0 Å². The van der Waals surface area contributed by atoms with Crippen molar-refractivity contribution in [1.29, 1.82) is 0 Å². The number of halogens is 2. The summed E-state index contributed by atoms with van der Waals surface area (Å²) in [4.78, 5) is 27.3. The van der Waals surface area contributed by atoms with Crippen molar-refractivity contribution in [3.8, 4) is 22.5 Å².